The van der Waals surface area contributed by atoms with Gasteiger partial charge in [0, 0.05) is 10.4 Å². The van der Waals surface area contributed by atoms with Crippen molar-refractivity contribution in [2.75, 3.05) is 0 Å². The predicted octanol–water partition coefficient (Wildman–Crippen LogP) is 3.86. The molecule has 0 bridgehead atoms. The quantitative estimate of drug-likeness (QED) is 0.703. The Labute approximate surface area is 89.3 Å². The minimum atomic E-state index is 0.837. The molecule has 76 valence electrons. The number of hydrogen-bond acceptors (Lipinski definition) is 1. The van der Waals surface area contributed by atoms with Crippen molar-refractivity contribution in [3.63, 3.8) is 0 Å². The number of aromatic nitrogens is 2. The Morgan fingerprint density at radius 3 is 2.57 bits per heavy atom. The van der Waals surface area contributed by atoms with Gasteiger partial charge in [-0.1, -0.05) is 25.4 Å². The van der Waals surface area contributed by atoms with Gasteiger partial charge in [-0.25, -0.2) is 0 Å². The lowest BCUT2D eigenvalue weighted by atomic mass is 10.1. The van der Waals surface area contributed by atoms with Crippen molar-refractivity contribution in [2.45, 2.75) is 27.7 Å². The van der Waals surface area contributed by atoms with Crippen LogP contribution in [0.15, 0.2) is 12.3 Å². The molecule has 2 aromatic rings. The van der Waals surface area contributed by atoms with E-state index in [-0.39, 0.29) is 0 Å². The Morgan fingerprint density at radius 2 is 1.93 bits per heavy atom. The molecule has 3 heteroatoms. The van der Waals surface area contributed by atoms with E-state index >= 15 is 0 Å². The summed E-state index contributed by atoms with van der Waals surface area (Å²) >= 11 is 6.07. The van der Waals surface area contributed by atoms with E-state index in [1.807, 2.05) is 33.8 Å². The van der Waals surface area contributed by atoms with Gasteiger partial charge in [0.05, 0.1) is 11.7 Å². The zero-order valence-corrected chi connectivity index (χ0v) is 9.74. The average molecular weight is 211 g/mol. The van der Waals surface area contributed by atoms with Gasteiger partial charge in [0.15, 0.2) is 0 Å². The predicted molar refractivity (Wildman–Crippen MR) is 61.9 cm³/mol. The Balaban J connectivity index is 0.000000461. The highest BCUT2D eigenvalue weighted by molar-refractivity contribution is 6.33. The standard InChI is InChI=1S/C9H9ClN2.C2H6/c1-5-3-8-7(4-11-12-8)6(2)9(5)10;1-2/h3-4H,1-2H3,(H,11,12);1-2H3. The molecule has 0 spiro atoms. The molecule has 0 saturated carbocycles. The molecule has 0 unspecified atom stereocenters. The first-order chi connectivity index (χ1) is 6.70. The highest BCUT2D eigenvalue weighted by atomic mass is 35.5. The number of aromatic amines is 1. The second-order valence-corrected chi connectivity index (χ2v) is 3.34. The molecule has 0 radical (unpaired) electrons. The normalized spacial score (nSPS) is 9.79. The van der Waals surface area contributed by atoms with Gasteiger partial charge in [0.2, 0.25) is 0 Å². The van der Waals surface area contributed by atoms with E-state index in [2.05, 4.69) is 10.2 Å². The van der Waals surface area contributed by atoms with Gasteiger partial charge in [-0.3, -0.25) is 5.10 Å². The fraction of sp³-hybridized carbons (Fsp3) is 0.364. The first kappa shape index (κ1) is 11.1. The Bertz CT molecular complexity index is 432. The molecular weight excluding hydrogens is 196 g/mol. The van der Waals surface area contributed by atoms with Crippen LogP contribution in [0.2, 0.25) is 5.02 Å². The van der Waals surface area contributed by atoms with Crippen molar-refractivity contribution in [3.05, 3.63) is 28.4 Å². The van der Waals surface area contributed by atoms with Crippen LogP contribution in [0.5, 0.6) is 0 Å². The molecular formula is C11H15ClN2. The molecule has 0 aliphatic heterocycles. The first-order valence-electron chi connectivity index (χ1n) is 4.79. The van der Waals surface area contributed by atoms with Gasteiger partial charge in [-0.15, -0.1) is 0 Å². The Hall–Kier alpha value is -1.02. The van der Waals surface area contributed by atoms with Crippen LogP contribution in [0.25, 0.3) is 10.9 Å². The summed E-state index contributed by atoms with van der Waals surface area (Å²) in [5, 5.41) is 8.82. The molecule has 1 heterocycles. The maximum Gasteiger partial charge on any atom is 0.0656 e. The number of nitrogens with zero attached hydrogens (tertiary/aromatic N) is 1. The molecule has 2 rings (SSSR count). The molecule has 1 aromatic carbocycles. The Kier molecular flexibility index (Phi) is 3.53. The maximum atomic E-state index is 6.07. The van der Waals surface area contributed by atoms with E-state index in [0.717, 1.165) is 27.1 Å². The van der Waals surface area contributed by atoms with Crippen LogP contribution in [-0.2, 0) is 0 Å². The topological polar surface area (TPSA) is 28.7 Å². The molecule has 2 nitrogen and oxygen atoms in total. The van der Waals surface area contributed by atoms with Gasteiger partial charge in [-0.05, 0) is 31.0 Å². The van der Waals surface area contributed by atoms with Gasteiger partial charge in [0.25, 0.3) is 0 Å². The molecule has 0 atom stereocenters. The number of halogens is 1. The number of nitrogens with one attached hydrogen (secondary N) is 1. The molecule has 14 heavy (non-hydrogen) atoms. The molecule has 0 fully saturated rings. The van der Waals surface area contributed by atoms with Crippen molar-refractivity contribution in [1.82, 2.24) is 10.2 Å². The van der Waals surface area contributed by atoms with E-state index < -0.39 is 0 Å². The van der Waals surface area contributed by atoms with Crippen molar-refractivity contribution in [3.8, 4) is 0 Å². The highest BCUT2D eigenvalue weighted by Crippen LogP contribution is 2.27. The molecule has 0 amide bonds. The van der Waals surface area contributed by atoms with Gasteiger partial charge in [0.1, 0.15) is 0 Å². The molecule has 0 saturated heterocycles. The lowest BCUT2D eigenvalue weighted by Crippen LogP contribution is -1.82. The van der Waals surface area contributed by atoms with Gasteiger partial charge >= 0.3 is 0 Å². The lowest BCUT2D eigenvalue weighted by molar-refractivity contribution is 1.12. The van der Waals surface area contributed by atoms with Crippen LogP contribution in [0, 0.1) is 13.8 Å². The van der Waals surface area contributed by atoms with Crippen molar-refractivity contribution in [1.29, 1.82) is 0 Å². The van der Waals surface area contributed by atoms with E-state index in [1.165, 1.54) is 0 Å². The Morgan fingerprint density at radius 1 is 1.29 bits per heavy atom. The number of aryl methyl sites for hydroxylation is 2. The molecule has 1 N–H and O–H groups in total. The number of benzene rings is 1. The van der Waals surface area contributed by atoms with Crippen LogP contribution in [-0.4, -0.2) is 10.2 Å². The fourth-order valence-electron chi connectivity index (χ4n) is 1.40. The zero-order chi connectivity index (χ0) is 10.7. The lowest BCUT2D eigenvalue weighted by Gasteiger charge is -2.02. The van der Waals surface area contributed by atoms with Crippen LogP contribution in [0.4, 0.5) is 0 Å². The summed E-state index contributed by atoms with van der Waals surface area (Å²) in [6.45, 7) is 8.00. The SMILES string of the molecule is CC.Cc1cc2[nH]ncc2c(C)c1Cl. The largest absolute Gasteiger partial charge is 0.278 e. The van der Waals surface area contributed by atoms with Crippen LogP contribution in [0.3, 0.4) is 0 Å². The summed E-state index contributed by atoms with van der Waals surface area (Å²) in [6.07, 6.45) is 1.80. The van der Waals surface area contributed by atoms with Crippen LogP contribution < -0.4 is 0 Å². The van der Waals surface area contributed by atoms with Crippen LogP contribution >= 0.6 is 11.6 Å². The average Bonchev–Trinajstić information content (AvgIpc) is 2.65. The van der Waals surface area contributed by atoms with E-state index in [1.54, 1.807) is 6.20 Å². The van der Waals surface area contributed by atoms with Crippen LogP contribution in [0.1, 0.15) is 25.0 Å². The number of fused-ring (bicyclic) bond motifs is 1. The summed E-state index contributed by atoms with van der Waals surface area (Å²) in [7, 11) is 0. The number of hydrogen-bond donors (Lipinski definition) is 1. The summed E-state index contributed by atoms with van der Waals surface area (Å²) in [5.41, 5.74) is 3.24. The number of rotatable bonds is 0. The zero-order valence-electron chi connectivity index (χ0n) is 8.98. The van der Waals surface area contributed by atoms with Crippen molar-refractivity contribution < 1.29 is 0 Å². The number of H-pyrrole nitrogens is 1. The minimum absolute atomic E-state index is 0.837. The smallest absolute Gasteiger partial charge is 0.0656 e. The van der Waals surface area contributed by atoms with Crippen molar-refractivity contribution >= 4 is 22.5 Å². The highest BCUT2D eigenvalue weighted by Gasteiger charge is 2.05. The monoisotopic (exact) mass is 210 g/mol. The third-order valence-corrected chi connectivity index (χ3v) is 2.69. The minimum Gasteiger partial charge on any atom is -0.278 e. The van der Waals surface area contributed by atoms with Gasteiger partial charge in [-0.2, -0.15) is 5.10 Å². The van der Waals surface area contributed by atoms with E-state index in [9.17, 15) is 0 Å². The first-order valence-corrected chi connectivity index (χ1v) is 5.16. The third-order valence-electron chi connectivity index (χ3n) is 2.11. The second-order valence-electron chi connectivity index (χ2n) is 2.96. The van der Waals surface area contributed by atoms with E-state index in [4.69, 9.17) is 11.6 Å². The molecule has 0 aliphatic carbocycles. The summed E-state index contributed by atoms with van der Waals surface area (Å²) in [6, 6.07) is 2.01. The van der Waals surface area contributed by atoms with Crippen molar-refractivity contribution in [2.24, 2.45) is 0 Å². The molecule has 0 aliphatic rings. The third kappa shape index (κ3) is 1.75. The summed E-state index contributed by atoms with van der Waals surface area (Å²) in [4.78, 5) is 0. The molecule has 1 aromatic heterocycles. The van der Waals surface area contributed by atoms with E-state index in [0.29, 0.717) is 0 Å². The second kappa shape index (κ2) is 4.47. The van der Waals surface area contributed by atoms with Gasteiger partial charge < -0.3 is 0 Å². The fourth-order valence-corrected chi connectivity index (χ4v) is 1.56. The maximum absolute atomic E-state index is 6.07. The summed E-state index contributed by atoms with van der Waals surface area (Å²) < 4.78 is 0. The summed E-state index contributed by atoms with van der Waals surface area (Å²) in [5.74, 6) is 0.